The fraction of sp³-hybridized carbons (Fsp3) is 0.211. The number of hydrogen-bond acceptors (Lipinski definition) is 3. The molecule has 0 amide bonds. The van der Waals surface area contributed by atoms with E-state index in [9.17, 15) is 18.3 Å². The molecule has 1 unspecified atom stereocenters. The van der Waals surface area contributed by atoms with Crippen LogP contribution in [0.15, 0.2) is 54.7 Å². The Bertz CT molecular complexity index is 923. The largest absolute Gasteiger partial charge is 0.416 e. The topological polar surface area (TPSA) is 47.3 Å². The summed E-state index contributed by atoms with van der Waals surface area (Å²) in [7, 11) is 1.48. The zero-order valence-electron chi connectivity index (χ0n) is 14.2. The van der Waals surface area contributed by atoms with Crippen molar-refractivity contribution in [1.29, 1.82) is 0 Å². The van der Waals surface area contributed by atoms with Crippen LogP contribution in [0.5, 0.6) is 0 Å². The van der Waals surface area contributed by atoms with E-state index in [0.717, 1.165) is 17.7 Å². The first kappa shape index (κ1) is 19.4. The van der Waals surface area contributed by atoms with E-state index >= 15 is 0 Å². The normalized spacial score (nSPS) is 13.0. The number of benzene rings is 2. The van der Waals surface area contributed by atoms with E-state index in [4.69, 9.17) is 16.3 Å². The van der Waals surface area contributed by atoms with Gasteiger partial charge in [0, 0.05) is 12.1 Å². The molecule has 27 heavy (non-hydrogen) atoms. The quantitative estimate of drug-likeness (QED) is 0.666. The van der Waals surface area contributed by atoms with Gasteiger partial charge in [-0.3, -0.25) is 0 Å². The first-order valence-electron chi connectivity index (χ1n) is 7.97. The number of nitrogens with zero attached hydrogens (tertiary/aromatic N) is 2. The molecule has 4 nitrogen and oxygen atoms in total. The summed E-state index contributed by atoms with van der Waals surface area (Å²) in [4.78, 5) is 4.22. The molecule has 1 heterocycles. The average Bonchev–Trinajstić information content (AvgIpc) is 3.05. The van der Waals surface area contributed by atoms with E-state index in [1.807, 2.05) is 0 Å². The van der Waals surface area contributed by atoms with Gasteiger partial charge in [-0.25, -0.2) is 4.98 Å². The summed E-state index contributed by atoms with van der Waals surface area (Å²) in [5.41, 5.74) is 0.693. The maximum atomic E-state index is 13.0. The van der Waals surface area contributed by atoms with Crippen molar-refractivity contribution in [1.82, 2.24) is 9.55 Å². The lowest BCUT2D eigenvalue weighted by Crippen LogP contribution is -2.13. The van der Waals surface area contributed by atoms with E-state index < -0.39 is 17.8 Å². The predicted molar refractivity (Wildman–Crippen MR) is 95.2 cm³/mol. The fourth-order valence-electron chi connectivity index (χ4n) is 2.76. The summed E-state index contributed by atoms with van der Waals surface area (Å²) in [5.74, 6) is 0.182. The number of aliphatic hydroxyl groups is 1. The molecule has 1 N–H and O–H groups in total. The Kier molecular flexibility index (Phi) is 5.55. The predicted octanol–water partition coefficient (Wildman–Crippen LogP) is 4.91. The van der Waals surface area contributed by atoms with Crippen LogP contribution in [0.25, 0.3) is 11.3 Å². The molecule has 0 saturated carbocycles. The zero-order valence-corrected chi connectivity index (χ0v) is 15.0. The van der Waals surface area contributed by atoms with Crippen molar-refractivity contribution in [2.75, 3.05) is 7.11 Å². The molecule has 0 radical (unpaired) electrons. The average molecular weight is 397 g/mol. The number of halogens is 4. The van der Waals surface area contributed by atoms with Gasteiger partial charge >= 0.3 is 6.18 Å². The van der Waals surface area contributed by atoms with Crippen molar-refractivity contribution in [2.24, 2.45) is 0 Å². The lowest BCUT2D eigenvalue weighted by molar-refractivity contribution is -0.137. The highest BCUT2D eigenvalue weighted by Crippen LogP contribution is 2.33. The first-order valence-corrected chi connectivity index (χ1v) is 8.34. The van der Waals surface area contributed by atoms with Crippen LogP contribution in [-0.2, 0) is 17.6 Å². The number of methoxy groups -OCH3 is 1. The van der Waals surface area contributed by atoms with Crippen LogP contribution in [0.4, 0.5) is 13.2 Å². The van der Waals surface area contributed by atoms with Crippen LogP contribution in [-0.4, -0.2) is 21.8 Å². The van der Waals surface area contributed by atoms with Crippen LogP contribution in [0, 0.1) is 0 Å². The standard InChI is InChI=1S/C19H16ClF3N2O2/c1-27-11-25-16(12-5-7-15(20)8-6-12)10-24-18(25)17(26)13-3-2-4-14(9-13)19(21,22)23/h2-10,17,26H,11H2,1H3. The molecular weight excluding hydrogens is 381 g/mol. The maximum absolute atomic E-state index is 13.0. The summed E-state index contributed by atoms with van der Waals surface area (Å²) < 4.78 is 45.7. The lowest BCUT2D eigenvalue weighted by atomic mass is 10.1. The minimum absolute atomic E-state index is 0.0727. The van der Waals surface area contributed by atoms with Crippen molar-refractivity contribution < 1.29 is 23.0 Å². The molecular formula is C19H16ClF3N2O2. The third kappa shape index (κ3) is 4.16. The summed E-state index contributed by atoms with van der Waals surface area (Å²) in [6.45, 7) is 0.0727. The Morgan fingerprint density at radius 2 is 1.89 bits per heavy atom. The van der Waals surface area contributed by atoms with Gasteiger partial charge in [0.25, 0.3) is 0 Å². The van der Waals surface area contributed by atoms with Crippen molar-refractivity contribution in [2.45, 2.75) is 19.0 Å². The van der Waals surface area contributed by atoms with Crippen LogP contribution >= 0.6 is 11.6 Å². The van der Waals surface area contributed by atoms with Crippen molar-refractivity contribution >= 4 is 11.6 Å². The summed E-state index contributed by atoms with van der Waals surface area (Å²) in [6.07, 6.45) is -4.30. The highest BCUT2D eigenvalue weighted by Gasteiger charge is 2.31. The number of imidazole rings is 1. The van der Waals surface area contributed by atoms with Gasteiger partial charge in [-0.05, 0) is 35.4 Å². The first-order chi connectivity index (χ1) is 12.8. The van der Waals surface area contributed by atoms with Gasteiger partial charge < -0.3 is 14.4 Å². The summed E-state index contributed by atoms with van der Waals surface area (Å²) in [6, 6.07) is 11.5. The molecule has 0 fully saturated rings. The van der Waals surface area contributed by atoms with Crippen molar-refractivity contribution in [3.05, 3.63) is 76.7 Å². The van der Waals surface area contributed by atoms with Gasteiger partial charge in [0.15, 0.2) is 0 Å². The number of alkyl halides is 3. The van der Waals surface area contributed by atoms with Gasteiger partial charge in [0.1, 0.15) is 18.7 Å². The van der Waals surface area contributed by atoms with Crippen LogP contribution in [0.1, 0.15) is 23.1 Å². The van der Waals surface area contributed by atoms with Crippen LogP contribution < -0.4 is 0 Å². The second-order valence-corrected chi connectivity index (χ2v) is 6.32. The van der Waals surface area contributed by atoms with Crippen LogP contribution in [0.2, 0.25) is 5.02 Å². The molecule has 0 aliphatic heterocycles. The van der Waals surface area contributed by atoms with E-state index in [1.165, 1.54) is 25.4 Å². The molecule has 0 bridgehead atoms. The van der Waals surface area contributed by atoms with Gasteiger partial charge in [0.2, 0.25) is 0 Å². The molecule has 0 aliphatic rings. The summed E-state index contributed by atoms with van der Waals surface area (Å²) in [5, 5.41) is 11.2. The Labute approximate surface area is 158 Å². The fourth-order valence-corrected chi connectivity index (χ4v) is 2.88. The highest BCUT2D eigenvalue weighted by atomic mass is 35.5. The van der Waals surface area contributed by atoms with Gasteiger partial charge in [0.05, 0.1) is 17.5 Å². The smallest absolute Gasteiger partial charge is 0.380 e. The molecule has 1 aromatic heterocycles. The Morgan fingerprint density at radius 1 is 1.19 bits per heavy atom. The van der Waals surface area contributed by atoms with Gasteiger partial charge in [-0.1, -0.05) is 35.9 Å². The second kappa shape index (κ2) is 7.72. The van der Waals surface area contributed by atoms with E-state index in [2.05, 4.69) is 4.98 Å². The SMILES string of the molecule is COCn1c(-c2ccc(Cl)cc2)cnc1C(O)c1cccc(C(F)(F)F)c1. The van der Waals surface area contributed by atoms with Crippen molar-refractivity contribution in [3.63, 3.8) is 0 Å². The number of hydrogen-bond donors (Lipinski definition) is 1. The highest BCUT2D eigenvalue weighted by molar-refractivity contribution is 6.30. The van der Waals surface area contributed by atoms with E-state index in [0.29, 0.717) is 10.7 Å². The molecule has 1 atom stereocenters. The zero-order chi connectivity index (χ0) is 19.6. The van der Waals surface area contributed by atoms with Crippen molar-refractivity contribution in [3.8, 4) is 11.3 Å². The summed E-state index contributed by atoms with van der Waals surface area (Å²) >= 11 is 5.91. The number of rotatable bonds is 5. The molecule has 3 rings (SSSR count). The third-order valence-electron chi connectivity index (χ3n) is 4.06. The molecule has 3 aromatic rings. The van der Waals surface area contributed by atoms with Crippen LogP contribution in [0.3, 0.4) is 0 Å². The maximum Gasteiger partial charge on any atom is 0.416 e. The monoisotopic (exact) mass is 396 g/mol. The Balaban J connectivity index is 2.02. The number of aliphatic hydroxyl groups excluding tert-OH is 1. The lowest BCUT2D eigenvalue weighted by Gasteiger charge is -2.16. The minimum Gasteiger partial charge on any atom is -0.380 e. The van der Waals surface area contributed by atoms with Gasteiger partial charge in [-0.15, -0.1) is 0 Å². The molecule has 142 valence electrons. The second-order valence-electron chi connectivity index (χ2n) is 5.88. The Morgan fingerprint density at radius 3 is 2.52 bits per heavy atom. The van der Waals surface area contributed by atoms with Gasteiger partial charge in [-0.2, -0.15) is 13.2 Å². The van der Waals surface area contributed by atoms with E-state index in [-0.39, 0.29) is 18.1 Å². The molecule has 0 aliphatic carbocycles. The van der Waals surface area contributed by atoms with E-state index in [1.54, 1.807) is 28.8 Å². The minimum atomic E-state index is -4.49. The number of ether oxygens (including phenoxy) is 1. The third-order valence-corrected chi connectivity index (χ3v) is 4.31. The molecule has 0 spiro atoms. The Hall–Kier alpha value is -2.35. The molecule has 8 heteroatoms. The number of aromatic nitrogens is 2. The molecule has 2 aromatic carbocycles. The molecule has 0 saturated heterocycles.